The lowest BCUT2D eigenvalue weighted by molar-refractivity contribution is -0.783. The molecule has 312 valence electrons. The number of hydrogen-bond donors (Lipinski definition) is 5. The molecule has 0 aromatic carbocycles. The SMILES string of the molecule is CC1(C)NC(=O)N[C@]1(C)CCCCCC(=O)NCCOCCOCCN1C=C(CNC(=O)CCC[C@H]2CCC3C4CCC5CCCC[C@]5(C)C4CC[C@@]32C)[NH2+]1. The van der Waals surface area contributed by atoms with Crippen molar-refractivity contribution < 1.29 is 29.3 Å². The zero-order valence-electron chi connectivity index (χ0n) is 35.2. The van der Waals surface area contributed by atoms with Gasteiger partial charge in [-0.2, -0.15) is 0 Å². The van der Waals surface area contributed by atoms with E-state index in [0.717, 1.165) is 73.9 Å². The lowest BCUT2D eigenvalue weighted by Gasteiger charge is -2.60. The summed E-state index contributed by atoms with van der Waals surface area (Å²) >= 11 is 0. The lowest BCUT2D eigenvalue weighted by Crippen LogP contribution is -2.97. The van der Waals surface area contributed by atoms with Gasteiger partial charge in [0.15, 0.2) is 5.70 Å². The highest BCUT2D eigenvalue weighted by molar-refractivity contribution is 5.79. The van der Waals surface area contributed by atoms with E-state index in [-0.39, 0.29) is 28.9 Å². The molecule has 4 unspecified atom stereocenters. The molecule has 4 aliphatic carbocycles. The van der Waals surface area contributed by atoms with Gasteiger partial charge in [-0.05, 0) is 138 Å². The van der Waals surface area contributed by atoms with E-state index in [9.17, 15) is 14.4 Å². The normalized spacial score (nSPS) is 34.7. The van der Waals surface area contributed by atoms with Gasteiger partial charge >= 0.3 is 6.03 Å². The number of hydrogen-bond acceptors (Lipinski definition) is 6. The van der Waals surface area contributed by atoms with Crippen molar-refractivity contribution in [2.24, 2.45) is 40.4 Å². The van der Waals surface area contributed by atoms with Crippen molar-refractivity contribution in [1.29, 1.82) is 0 Å². The highest BCUT2D eigenvalue weighted by atomic mass is 16.5. The first-order chi connectivity index (χ1) is 26.3. The second kappa shape index (κ2) is 18.5. The molecule has 4 saturated carbocycles. The second-order valence-corrected chi connectivity index (χ2v) is 19.6. The Balaban J connectivity index is 0.729. The topological polar surface area (TPSA) is 138 Å². The quantitative estimate of drug-likeness (QED) is 0.0728. The highest BCUT2D eigenvalue weighted by Crippen LogP contribution is 2.67. The van der Waals surface area contributed by atoms with Crippen LogP contribution in [0.5, 0.6) is 0 Å². The number of fused-ring (bicyclic) bond motifs is 5. The molecule has 11 nitrogen and oxygen atoms in total. The molecule has 2 heterocycles. The number of ether oxygens (including phenoxy) is 2. The van der Waals surface area contributed by atoms with Crippen molar-refractivity contribution in [3.63, 3.8) is 0 Å². The van der Waals surface area contributed by atoms with E-state index in [4.69, 9.17) is 9.47 Å². The fourth-order valence-electron chi connectivity index (χ4n) is 12.3. The summed E-state index contributed by atoms with van der Waals surface area (Å²) in [5, 5.41) is 14.2. The van der Waals surface area contributed by atoms with Gasteiger partial charge in [0.1, 0.15) is 6.20 Å². The molecule has 0 bridgehead atoms. The molecular formula is C44H77N6O5+. The Labute approximate surface area is 332 Å². The van der Waals surface area contributed by atoms with Gasteiger partial charge in [-0.25, -0.2) is 15.2 Å². The second-order valence-electron chi connectivity index (χ2n) is 19.6. The number of urea groups is 1. The Morgan fingerprint density at radius 2 is 1.55 bits per heavy atom. The minimum Gasteiger partial charge on any atom is -0.377 e. The van der Waals surface area contributed by atoms with Gasteiger partial charge in [-0.3, -0.25) is 9.59 Å². The van der Waals surface area contributed by atoms with E-state index in [1.165, 1.54) is 70.6 Å². The summed E-state index contributed by atoms with van der Waals surface area (Å²) in [5.41, 5.74) is 3.80. The van der Waals surface area contributed by atoms with Crippen LogP contribution < -0.4 is 26.7 Å². The third-order valence-corrected chi connectivity index (χ3v) is 16.1. The molecular weight excluding hydrogens is 693 g/mol. The van der Waals surface area contributed by atoms with Crippen molar-refractivity contribution in [1.82, 2.24) is 26.3 Å². The minimum absolute atomic E-state index is 0.0499. The Kier molecular flexibility index (Phi) is 14.2. The Morgan fingerprint density at radius 3 is 2.33 bits per heavy atom. The van der Waals surface area contributed by atoms with Gasteiger partial charge in [0, 0.05) is 19.4 Å². The first kappa shape index (κ1) is 42.2. The fourth-order valence-corrected chi connectivity index (χ4v) is 12.3. The summed E-state index contributed by atoms with van der Waals surface area (Å²) < 4.78 is 11.3. The van der Waals surface area contributed by atoms with Crippen LogP contribution in [0, 0.1) is 40.4 Å². The number of nitrogens with zero attached hydrogens (tertiary/aromatic N) is 1. The van der Waals surface area contributed by atoms with Crippen LogP contribution in [0.25, 0.3) is 0 Å². The van der Waals surface area contributed by atoms with Crippen LogP contribution in [-0.2, 0) is 19.1 Å². The van der Waals surface area contributed by atoms with E-state index in [1.54, 1.807) is 0 Å². The molecule has 11 heteroatoms. The molecule has 2 aliphatic heterocycles. The van der Waals surface area contributed by atoms with Crippen molar-refractivity contribution in [2.45, 2.75) is 161 Å². The summed E-state index contributed by atoms with van der Waals surface area (Å²) in [6, 6.07) is -0.108. The Hall–Kier alpha value is -2.37. The Bertz CT molecular complexity index is 1360. The maximum Gasteiger partial charge on any atom is 0.315 e. The zero-order valence-corrected chi connectivity index (χ0v) is 35.2. The molecule has 4 amide bonds. The predicted molar refractivity (Wildman–Crippen MR) is 215 cm³/mol. The number of quaternary nitrogens is 1. The van der Waals surface area contributed by atoms with Gasteiger partial charge < -0.3 is 30.7 Å². The summed E-state index contributed by atoms with van der Waals surface area (Å²) in [7, 11) is 0. The molecule has 0 aromatic heterocycles. The molecule has 1 saturated heterocycles. The van der Waals surface area contributed by atoms with Crippen molar-refractivity contribution in [3.8, 4) is 0 Å². The predicted octanol–water partition coefficient (Wildman–Crippen LogP) is 5.91. The molecule has 55 heavy (non-hydrogen) atoms. The smallest absolute Gasteiger partial charge is 0.315 e. The van der Waals surface area contributed by atoms with Crippen LogP contribution >= 0.6 is 0 Å². The first-order valence-electron chi connectivity index (χ1n) is 22.4. The van der Waals surface area contributed by atoms with Crippen LogP contribution in [0.4, 0.5) is 4.79 Å². The molecule has 6 rings (SSSR count). The molecule has 0 aromatic rings. The third-order valence-electron chi connectivity index (χ3n) is 16.1. The summed E-state index contributed by atoms with van der Waals surface area (Å²) in [5.74, 6) is 4.87. The number of amides is 4. The summed E-state index contributed by atoms with van der Waals surface area (Å²) in [4.78, 5) is 36.6. The summed E-state index contributed by atoms with van der Waals surface area (Å²) in [6.45, 7) is 15.4. The van der Waals surface area contributed by atoms with E-state index >= 15 is 0 Å². The fraction of sp³-hybridized carbons (Fsp3) is 0.886. The largest absolute Gasteiger partial charge is 0.377 e. The third kappa shape index (κ3) is 10.0. The average molecular weight is 770 g/mol. The number of nitrogens with one attached hydrogen (secondary N) is 4. The van der Waals surface area contributed by atoms with Crippen LogP contribution in [-0.4, -0.2) is 80.0 Å². The maximum absolute atomic E-state index is 12.7. The molecule has 6 N–H and O–H groups in total. The first-order valence-corrected chi connectivity index (χ1v) is 22.4. The van der Waals surface area contributed by atoms with Crippen molar-refractivity contribution in [2.75, 3.05) is 46.1 Å². The van der Waals surface area contributed by atoms with E-state index in [2.05, 4.69) is 58.7 Å². The molecule has 5 fully saturated rings. The standard InChI is InChI=1S/C44H76N6O5/c1-41(2)44(5,48-40(53)47-41)22-9-6-7-14-38(51)45-24-26-54-28-29-55-27-25-50-31-34(49-50)30-46-39(52)15-11-13-33-17-19-36-35-18-16-32-12-8-10-21-42(32,3)37(35)20-23-43(33,36)4/h31-33,35-37,49H,6-30H2,1-5H3,(H,45,51)(H,46,52)(H2,47,48,53)/p+1/t32?,33-,35?,36?,37?,42-,43+,44+/m0/s1. The average Bonchev–Trinajstić information content (AvgIpc) is 3.56. The number of carbonyl (C=O) groups is 3. The van der Waals surface area contributed by atoms with Gasteiger partial charge in [-0.1, -0.05) is 39.5 Å². The maximum atomic E-state index is 12.7. The van der Waals surface area contributed by atoms with Gasteiger partial charge in [0.25, 0.3) is 0 Å². The highest BCUT2D eigenvalue weighted by Gasteiger charge is 2.59. The number of unbranched alkanes of at least 4 members (excludes halogenated alkanes) is 2. The van der Waals surface area contributed by atoms with Crippen molar-refractivity contribution in [3.05, 3.63) is 11.9 Å². The Morgan fingerprint density at radius 1 is 0.800 bits per heavy atom. The van der Waals surface area contributed by atoms with Gasteiger partial charge in [0.2, 0.25) is 11.8 Å². The van der Waals surface area contributed by atoms with Gasteiger partial charge in [0.05, 0.1) is 50.6 Å². The monoisotopic (exact) mass is 770 g/mol. The lowest BCUT2D eigenvalue weighted by atomic mass is 9.45. The number of nitrogens with two attached hydrogens (primary N) is 1. The van der Waals surface area contributed by atoms with Gasteiger partial charge in [-0.15, -0.1) is 0 Å². The van der Waals surface area contributed by atoms with Crippen LogP contribution in [0.1, 0.15) is 150 Å². The zero-order chi connectivity index (χ0) is 39.1. The molecule has 0 spiro atoms. The minimum atomic E-state index is -0.286. The van der Waals surface area contributed by atoms with Crippen LogP contribution in [0.2, 0.25) is 0 Å². The number of carbonyl (C=O) groups excluding carboxylic acids is 3. The molecule has 6 aliphatic rings. The van der Waals surface area contributed by atoms with Crippen molar-refractivity contribution >= 4 is 17.8 Å². The number of rotatable bonds is 21. The van der Waals surface area contributed by atoms with E-state index in [1.807, 2.05) is 13.8 Å². The molecule has 0 radical (unpaired) electrons. The van der Waals surface area contributed by atoms with Crippen LogP contribution in [0.15, 0.2) is 11.9 Å². The summed E-state index contributed by atoms with van der Waals surface area (Å²) in [6.07, 6.45) is 23.6. The molecule has 8 atom stereocenters. The van der Waals surface area contributed by atoms with E-state index < -0.39 is 0 Å². The van der Waals surface area contributed by atoms with E-state index in [0.29, 0.717) is 63.2 Å². The van der Waals surface area contributed by atoms with Crippen LogP contribution in [0.3, 0.4) is 0 Å².